The number of carbonyl (C=O) groups excluding carboxylic acids is 1. The summed E-state index contributed by atoms with van der Waals surface area (Å²) in [5, 5.41) is 13.7. The van der Waals surface area contributed by atoms with Gasteiger partial charge >= 0.3 is 0 Å². The van der Waals surface area contributed by atoms with Gasteiger partial charge in [-0.2, -0.15) is 0 Å². The summed E-state index contributed by atoms with van der Waals surface area (Å²) >= 11 is 0. The minimum atomic E-state index is -0.448. The number of ketones is 1. The fourth-order valence-corrected chi connectivity index (χ4v) is 2.27. The second-order valence-corrected chi connectivity index (χ2v) is 4.56. The van der Waals surface area contributed by atoms with Crippen molar-refractivity contribution in [2.24, 2.45) is 0 Å². The second kappa shape index (κ2) is 5.79. The number of nitrogens with one attached hydrogen (secondary N) is 1. The predicted molar refractivity (Wildman–Crippen MR) is 70.2 cm³/mol. The van der Waals surface area contributed by atoms with Gasteiger partial charge in [0.05, 0.1) is 11.0 Å². The Morgan fingerprint density at radius 1 is 1.32 bits per heavy atom. The van der Waals surface area contributed by atoms with Gasteiger partial charge in [0.1, 0.15) is 6.10 Å². The summed E-state index contributed by atoms with van der Waals surface area (Å²) in [6, 6.07) is 5.79. The summed E-state index contributed by atoms with van der Waals surface area (Å²) in [6.45, 7) is 0. The lowest BCUT2D eigenvalue weighted by Gasteiger charge is -2.28. The van der Waals surface area contributed by atoms with E-state index in [1.54, 1.807) is 12.1 Å². The van der Waals surface area contributed by atoms with Crippen molar-refractivity contribution in [1.82, 2.24) is 0 Å². The van der Waals surface area contributed by atoms with Crippen LogP contribution in [0.5, 0.6) is 0 Å². The lowest BCUT2D eigenvalue weighted by atomic mass is 9.91. The number of non-ortho nitro benzene ring substituents is 1. The SMILES string of the molecule is COC1CCCC(Nc2ccc([N+](=O)[O-])cc2)C1=O. The van der Waals surface area contributed by atoms with Crippen LogP contribution in [0.3, 0.4) is 0 Å². The van der Waals surface area contributed by atoms with E-state index in [1.807, 2.05) is 0 Å². The number of nitro benzene ring substituents is 1. The Hall–Kier alpha value is -1.95. The third kappa shape index (κ3) is 3.08. The normalized spacial score (nSPS) is 23.1. The molecule has 102 valence electrons. The highest BCUT2D eigenvalue weighted by Crippen LogP contribution is 2.22. The van der Waals surface area contributed by atoms with Gasteiger partial charge < -0.3 is 10.1 Å². The van der Waals surface area contributed by atoms with Gasteiger partial charge in [-0.15, -0.1) is 0 Å². The fraction of sp³-hybridized carbons (Fsp3) is 0.462. The van der Waals surface area contributed by atoms with E-state index >= 15 is 0 Å². The average Bonchev–Trinajstić information content (AvgIpc) is 2.42. The molecule has 0 radical (unpaired) electrons. The maximum Gasteiger partial charge on any atom is 0.269 e. The second-order valence-electron chi connectivity index (χ2n) is 4.56. The van der Waals surface area contributed by atoms with Gasteiger partial charge in [0, 0.05) is 24.9 Å². The van der Waals surface area contributed by atoms with Crippen molar-refractivity contribution in [3.8, 4) is 0 Å². The zero-order chi connectivity index (χ0) is 13.8. The molecular formula is C13H16N2O4. The van der Waals surface area contributed by atoms with Gasteiger partial charge in [-0.3, -0.25) is 14.9 Å². The van der Waals surface area contributed by atoms with Crippen molar-refractivity contribution in [3.05, 3.63) is 34.4 Å². The number of hydrogen-bond donors (Lipinski definition) is 1. The van der Waals surface area contributed by atoms with Crippen LogP contribution in [0.25, 0.3) is 0 Å². The topological polar surface area (TPSA) is 81.5 Å². The maximum atomic E-state index is 12.0. The van der Waals surface area contributed by atoms with Crippen LogP contribution in [0.15, 0.2) is 24.3 Å². The molecule has 19 heavy (non-hydrogen) atoms. The molecular weight excluding hydrogens is 248 g/mol. The molecule has 6 nitrogen and oxygen atoms in total. The fourth-order valence-electron chi connectivity index (χ4n) is 2.27. The molecule has 0 heterocycles. The first-order valence-corrected chi connectivity index (χ1v) is 6.19. The van der Waals surface area contributed by atoms with Gasteiger partial charge in [-0.1, -0.05) is 0 Å². The molecule has 1 N–H and O–H groups in total. The summed E-state index contributed by atoms with van der Waals surface area (Å²) in [7, 11) is 1.54. The number of benzene rings is 1. The van der Waals surface area contributed by atoms with Crippen molar-refractivity contribution in [3.63, 3.8) is 0 Å². The lowest BCUT2D eigenvalue weighted by Crippen LogP contribution is -2.42. The third-order valence-electron chi connectivity index (χ3n) is 3.32. The Morgan fingerprint density at radius 2 is 2.00 bits per heavy atom. The minimum Gasteiger partial charge on any atom is -0.375 e. The molecule has 2 rings (SSSR count). The number of carbonyl (C=O) groups is 1. The number of rotatable bonds is 4. The molecule has 6 heteroatoms. The summed E-state index contributed by atoms with van der Waals surface area (Å²) in [5.74, 6) is 0.0482. The van der Waals surface area contributed by atoms with Crippen LogP contribution in [0.4, 0.5) is 11.4 Å². The zero-order valence-electron chi connectivity index (χ0n) is 10.7. The third-order valence-corrected chi connectivity index (χ3v) is 3.32. The van der Waals surface area contributed by atoms with Crippen molar-refractivity contribution in [1.29, 1.82) is 0 Å². The highest BCUT2D eigenvalue weighted by atomic mass is 16.6. The largest absolute Gasteiger partial charge is 0.375 e. The predicted octanol–water partition coefficient (Wildman–Crippen LogP) is 2.14. The first kappa shape index (κ1) is 13.5. The molecule has 1 aliphatic carbocycles. The number of nitrogens with zero attached hydrogens (tertiary/aromatic N) is 1. The van der Waals surface area contributed by atoms with E-state index in [9.17, 15) is 14.9 Å². The monoisotopic (exact) mass is 264 g/mol. The molecule has 0 saturated heterocycles. The van der Waals surface area contributed by atoms with Crippen LogP contribution < -0.4 is 5.32 Å². The number of methoxy groups -OCH3 is 1. The molecule has 1 aromatic rings. The van der Waals surface area contributed by atoms with E-state index in [0.717, 1.165) is 19.3 Å². The Kier molecular flexibility index (Phi) is 4.11. The zero-order valence-corrected chi connectivity index (χ0v) is 10.7. The van der Waals surface area contributed by atoms with Gasteiger partial charge in [0.25, 0.3) is 5.69 Å². The Balaban J connectivity index is 2.04. The van der Waals surface area contributed by atoms with E-state index in [1.165, 1.54) is 19.2 Å². The molecule has 0 bridgehead atoms. The minimum absolute atomic E-state index is 0.0373. The average molecular weight is 264 g/mol. The quantitative estimate of drug-likeness (QED) is 0.665. The number of hydrogen-bond acceptors (Lipinski definition) is 5. The first-order chi connectivity index (χ1) is 9.11. The molecule has 0 spiro atoms. The van der Waals surface area contributed by atoms with Crippen LogP contribution in [0.2, 0.25) is 0 Å². The van der Waals surface area contributed by atoms with Crippen LogP contribution in [0.1, 0.15) is 19.3 Å². The molecule has 0 aromatic heterocycles. The first-order valence-electron chi connectivity index (χ1n) is 6.19. The smallest absolute Gasteiger partial charge is 0.269 e. The standard InChI is InChI=1S/C13H16N2O4/c1-19-12-4-2-3-11(13(12)16)14-9-5-7-10(8-6-9)15(17)18/h5-8,11-12,14H,2-4H2,1H3. The molecule has 0 aliphatic heterocycles. The maximum absolute atomic E-state index is 12.0. The molecule has 2 atom stereocenters. The molecule has 1 fully saturated rings. The van der Waals surface area contributed by atoms with Gasteiger partial charge in [-0.05, 0) is 31.4 Å². The number of ether oxygens (including phenoxy) is 1. The number of nitro groups is 1. The van der Waals surface area contributed by atoms with Gasteiger partial charge in [-0.25, -0.2) is 0 Å². The van der Waals surface area contributed by atoms with Crippen LogP contribution in [-0.4, -0.2) is 30.0 Å². The molecule has 1 aromatic carbocycles. The van der Waals surface area contributed by atoms with Gasteiger partial charge in [0.2, 0.25) is 0 Å². The van der Waals surface area contributed by atoms with E-state index in [4.69, 9.17) is 4.74 Å². The van der Waals surface area contributed by atoms with E-state index in [2.05, 4.69) is 5.32 Å². The summed E-state index contributed by atoms with van der Waals surface area (Å²) in [6.07, 6.45) is 2.10. The Labute approximate surface area is 110 Å². The van der Waals surface area contributed by atoms with Crippen molar-refractivity contribution >= 4 is 17.2 Å². The van der Waals surface area contributed by atoms with Crippen molar-refractivity contribution < 1.29 is 14.5 Å². The highest BCUT2D eigenvalue weighted by Gasteiger charge is 2.30. The molecule has 1 aliphatic rings. The van der Waals surface area contributed by atoms with E-state index in [0.29, 0.717) is 5.69 Å². The Bertz CT molecular complexity index is 472. The van der Waals surface area contributed by atoms with Gasteiger partial charge in [0.15, 0.2) is 5.78 Å². The molecule has 2 unspecified atom stereocenters. The number of Topliss-reactive ketones (excluding diaryl/α,β-unsaturated/α-hetero) is 1. The lowest BCUT2D eigenvalue weighted by molar-refractivity contribution is -0.384. The van der Waals surface area contributed by atoms with Crippen LogP contribution in [0, 0.1) is 10.1 Å². The molecule has 0 amide bonds. The van der Waals surface area contributed by atoms with E-state index < -0.39 is 4.92 Å². The molecule has 1 saturated carbocycles. The van der Waals surface area contributed by atoms with Crippen LogP contribution >= 0.6 is 0 Å². The van der Waals surface area contributed by atoms with E-state index in [-0.39, 0.29) is 23.6 Å². The van der Waals surface area contributed by atoms with Crippen molar-refractivity contribution in [2.75, 3.05) is 12.4 Å². The number of anilines is 1. The summed E-state index contributed by atoms with van der Waals surface area (Å²) < 4.78 is 5.14. The highest BCUT2D eigenvalue weighted by molar-refractivity contribution is 5.91. The summed E-state index contributed by atoms with van der Waals surface area (Å²) in [4.78, 5) is 22.1. The van der Waals surface area contributed by atoms with Crippen LogP contribution in [-0.2, 0) is 9.53 Å². The van der Waals surface area contributed by atoms with Crippen molar-refractivity contribution in [2.45, 2.75) is 31.4 Å². The Morgan fingerprint density at radius 3 is 2.58 bits per heavy atom. The summed E-state index contributed by atoms with van der Waals surface area (Å²) in [5.41, 5.74) is 0.746.